The molecule has 1 aromatic heterocycles. The number of hydrogen-bond donors (Lipinski definition) is 1. The summed E-state index contributed by atoms with van der Waals surface area (Å²) >= 11 is 9.35. The first-order valence-electron chi connectivity index (χ1n) is 4.19. The van der Waals surface area contributed by atoms with Crippen molar-refractivity contribution in [2.24, 2.45) is 0 Å². The van der Waals surface area contributed by atoms with Gasteiger partial charge in [0.05, 0.1) is 11.6 Å². The van der Waals surface area contributed by atoms with Gasteiger partial charge in [0.1, 0.15) is 5.76 Å². The highest BCUT2D eigenvalue weighted by Crippen LogP contribution is 2.30. The third-order valence-electron chi connectivity index (χ3n) is 1.94. The minimum atomic E-state index is 0.0820. The SMILES string of the molecule is OCCc1cc2cc(Br)cc(Cl)c2o1. The molecule has 14 heavy (non-hydrogen) atoms. The Balaban J connectivity index is 2.58. The average molecular weight is 276 g/mol. The monoisotopic (exact) mass is 274 g/mol. The number of hydrogen-bond acceptors (Lipinski definition) is 2. The van der Waals surface area contributed by atoms with Gasteiger partial charge in [-0.15, -0.1) is 0 Å². The van der Waals surface area contributed by atoms with E-state index in [4.69, 9.17) is 21.1 Å². The number of aliphatic hydroxyl groups excluding tert-OH is 1. The zero-order valence-electron chi connectivity index (χ0n) is 7.26. The molecule has 0 saturated carbocycles. The maximum absolute atomic E-state index is 8.77. The van der Waals surface area contributed by atoms with Crippen molar-refractivity contribution in [3.63, 3.8) is 0 Å². The van der Waals surface area contributed by atoms with Gasteiger partial charge in [-0.1, -0.05) is 27.5 Å². The molecule has 0 fully saturated rings. The predicted molar refractivity (Wildman–Crippen MR) is 59.7 cm³/mol. The van der Waals surface area contributed by atoms with Gasteiger partial charge in [0, 0.05) is 16.3 Å². The zero-order valence-corrected chi connectivity index (χ0v) is 9.60. The first-order chi connectivity index (χ1) is 6.70. The number of halogens is 2. The van der Waals surface area contributed by atoms with Crippen LogP contribution in [0.1, 0.15) is 5.76 Å². The van der Waals surface area contributed by atoms with Crippen molar-refractivity contribution in [1.29, 1.82) is 0 Å². The van der Waals surface area contributed by atoms with Crippen LogP contribution in [0.15, 0.2) is 27.1 Å². The summed E-state index contributed by atoms with van der Waals surface area (Å²) in [5, 5.41) is 10.3. The van der Waals surface area contributed by atoms with Gasteiger partial charge in [-0.2, -0.15) is 0 Å². The summed E-state index contributed by atoms with van der Waals surface area (Å²) in [5.74, 6) is 0.752. The summed E-state index contributed by atoms with van der Waals surface area (Å²) in [4.78, 5) is 0. The predicted octanol–water partition coefficient (Wildman–Crippen LogP) is 3.38. The van der Waals surface area contributed by atoms with E-state index in [1.165, 1.54) is 0 Å². The van der Waals surface area contributed by atoms with Crippen LogP contribution in [-0.4, -0.2) is 11.7 Å². The fourth-order valence-electron chi connectivity index (χ4n) is 1.36. The topological polar surface area (TPSA) is 33.4 Å². The summed E-state index contributed by atoms with van der Waals surface area (Å²) in [7, 11) is 0. The second-order valence-corrected chi connectivity index (χ2v) is 4.32. The number of aliphatic hydroxyl groups is 1. The highest BCUT2D eigenvalue weighted by molar-refractivity contribution is 9.10. The number of rotatable bonds is 2. The maximum atomic E-state index is 8.77. The standard InChI is InChI=1S/C10H8BrClO2/c11-7-3-6-4-8(1-2-13)14-10(6)9(12)5-7/h3-5,13H,1-2H2. The number of benzene rings is 1. The normalized spacial score (nSPS) is 11.1. The lowest BCUT2D eigenvalue weighted by atomic mass is 10.2. The summed E-state index contributed by atoms with van der Waals surface area (Å²) < 4.78 is 6.40. The lowest BCUT2D eigenvalue weighted by Gasteiger charge is -1.93. The van der Waals surface area contributed by atoms with Gasteiger partial charge >= 0.3 is 0 Å². The molecule has 1 aromatic carbocycles. The smallest absolute Gasteiger partial charge is 0.152 e. The third-order valence-corrected chi connectivity index (χ3v) is 2.68. The Morgan fingerprint density at radius 1 is 1.36 bits per heavy atom. The average Bonchev–Trinajstić information content (AvgIpc) is 2.48. The van der Waals surface area contributed by atoms with E-state index in [-0.39, 0.29) is 6.61 Å². The molecular weight excluding hydrogens is 267 g/mol. The van der Waals surface area contributed by atoms with Crippen LogP contribution in [0.25, 0.3) is 11.0 Å². The molecule has 2 rings (SSSR count). The van der Waals surface area contributed by atoms with Gasteiger partial charge in [0.15, 0.2) is 5.58 Å². The van der Waals surface area contributed by atoms with E-state index in [9.17, 15) is 0 Å². The Morgan fingerprint density at radius 2 is 2.14 bits per heavy atom. The minimum Gasteiger partial charge on any atom is -0.459 e. The fourth-order valence-corrected chi connectivity index (χ4v) is 2.24. The van der Waals surface area contributed by atoms with Crippen molar-refractivity contribution in [1.82, 2.24) is 0 Å². The van der Waals surface area contributed by atoms with Gasteiger partial charge in [0.25, 0.3) is 0 Å². The van der Waals surface area contributed by atoms with E-state index in [1.54, 1.807) is 6.07 Å². The summed E-state index contributed by atoms with van der Waals surface area (Å²) in [5.41, 5.74) is 0.679. The van der Waals surface area contributed by atoms with E-state index in [2.05, 4.69) is 15.9 Å². The Bertz CT molecular complexity index is 464. The summed E-state index contributed by atoms with van der Waals surface area (Å²) in [6.07, 6.45) is 0.516. The fraction of sp³-hybridized carbons (Fsp3) is 0.200. The number of fused-ring (bicyclic) bond motifs is 1. The van der Waals surface area contributed by atoms with E-state index < -0.39 is 0 Å². The van der Waals surface area contributed by atoms with Crippen LogP contribution in [0.5, 0.6) is 0 Å². The van der Waals surface area contributed by atoms with Crippen LogP contribution in [0, 0.1) is 0 Å². The quantitative estimate of drug-likeness (QED) is 0.911. The van der Waals surface area contributed by atoms with Crippen molar-refractivity contribution in [2.45, 2.75) is 6.42 Å². The molecule has 0 bridgehead atoms. The van der Waals surface area contributed by atoms with Crippen LogP contribution >= 0.6 is 27.5 Å². The Labute approximate surface area is 94.6 Å². The van der Waals surface area contributed by atoms with Crippen molar-refractivity contribution in [2.75, 3.05) is 6.61 Å². The number of furan rings is 1. The zero-order chi connectivity index (χ0) is 10.1. The molecule has 0 saturated heterocycles. The second-order valence-electron chi connectivity index (χ2n) is 2.99. The molecule has 0 atom stereocenters. The van der Waals surface area contributed by atoms with E-state index >= 15 is 0 Å². The molecular formula is C10H8BrClO2. The molecule has 74 valence electrons. The molecule has 0 aliphatic heterocycles. The van der Waals surface area contributed by atoms with E-state index in [1.807, 2.05) is 12.1 Å². The highest BCUT2D eigenvalue weighted by Gasteiger charge is 2.07. The van der Waals surface area contributed by atoms with Crippen LogP contribution in [0.4, 0.5) is 0 Å². The molecule has 2 aromatic rings. The molecule has 2 nitrogen and oxygen atoms in total. The van der Waals surface area contributed by atoms with Crippen molar-refractivity contribution < 1.29 is 9.52 Å². The Morgan fingerprint density at radius 3 is 2.86 bits per heavy atom. The van der Waals surface area contributed by atoms with Gasteiger partial charge in [-0.25, -0.2) is 0 Å². The molecule has 4 heteroatoms. The van der Waals surface area contributed by atoms with Crippen LogP contribution in [0.3, 0.4) is 0 Å². The molecule has 0 spiro atoms. The van der Waals surface area contributed by atoms with Crippen molar-refractivity contribution in [3.05, 3.63) is 33.5 Å². The van der Waals surface area contributed by atoms with Crippen LogP contribution in [-0.2, 0) is 6.42 Å². The lowest BCUT2D eigenvalue weighted by Crippen LogP contribution is -1.85. The summed E-state index contributed by atoms with van der Waals surface area (Å²) in [6, 6.07) is 5.61. The van der Waals surface area contributed by atoms with Gasteiger partial charge < -0.3 is 9.52 Å². The lowest BCUT2D eigenvalue weighted by molar-refractivity contribution is 0.289. The molecule has 0 amide bonds. The Kier molecular flexibility index (Phi) is 2.81. The first-order valence-corrected chi connectivity index (χ1v) is 5.36. The second kappa shape index (κ2) is 3.93. The molecule has 0 radical (unpaired) electrons. The first kappa shape index (κ1) is 10.0. The highest BCUT2D eigenvalue weighted by atomic mass is 79.9. The van der Waals surface area contributed by atoms with E-state index in [0.717, 1.165) is 15.6 Å². The molecule has 0 aliphatic carbocycles. The molecule has 1 N–H and O–H groups in total. The third kappa shape index (κ3) is 1.80. The van der Waals surface area contributed by atoms with Crippen LogP contribution < -0.4 is 0 Å². The largest absolute Gasteiger partial charge is 0.459 e. The molecule has 0 unspecified atom stereocenters. The minimum absolute atomic E-state index is 0.0820. The maximum Gasteiger partial charge on any atom is 0.152 e. The van der Waals surface area contributed by atoms with Gasteiger partial charge in [0.2, 0.25) is 0 Å². The van der Waals surface area contributed by atoms with Gasteiger partial charge in [-0.3, -0.25) is 0 Å². The summed E-state index contributed by atoms with van der Waals surface area (Å²) in [6.45, 7) is 0.0820. The molecule has 1 heterocycles. The van der Waals surface area contributed by atoms with Crippen molar-refractivity contribution >= 4 is 38.5 Å². The molecule has 0 aliphatic rings. The van der Waals surface area contributed by atoms with Crippen molar-refractivity contribution in [3.8, 4) is 0 Å². The Hall–Kier alpha value is -0.510. The van der Waals surface area contributed by atoms with Crippen LogP contribution in [0.2, 0.25) is 5.02 Å². The van der Waals surface area contributed by atoms with Gasteiger partial charge in [-0.05, 0) is 18.2 Å². The van der Waals surface area contributed by atoms with E-state index in [0.29, 0.717) is 17.0 Å².